The summed E-state index contributed by atoms with van der Waals surface area (Å²) in [7, 11) is 0. The normalized spacial score (nSPS) is 25.8. The number of benzene rings is 3. The largest absolute Gasteiger partial charge is 0.508 e. The Morgan fingerprint density at radius 2 is 1.68 bits per heavy atom. The summed E-state index contributed by atoms with van der Waals surface area (Å²) in [6.07, 6.45) is 0.372. The molecule has 186 valence electrons. The zero-order valence-corrected chi connectivity index (χ0v) is 19.8. The maximum atomic E-state index is 14.0. The van der Waals surface area contributed by atoms with E-state index in [2.05, 4.69) is 10.6 Å². The van der Waals surface area contributed by atoms with E-state index in [0.717, 1.165) is 10.5 Å². The average Bonchev–Trinajstić information content (AvgIpc) is 3.45. The summed E-state index contributed by atoms with van der Waals surface area (Å²) in [6, 6.07) is 19.4. The van der Waals surface area contributed by atoms with Crippen molar-refractivity contribution in [1.29, 1.82) is 0 Å². The number of nitrogens with zero attached hydrogens (tertiary/aromatic N) is 1. The number of imide groups is 1. The molecule has 2 saturated heterocycles. The first-order chi connectivity index (χ1) is 17.8. The second-order valence-corrected chi connectivity index (χ2v) is 9.53. The van der Waals surface area contributed by atoms with Crippen LogP contribution in [-0.4, -0.2) is 34.8 Å². The van der Waals surface area contributed by atoms with Crippen molar-refractivity contribution in [2.75, 3.05) is 10.2 Å². The van der Waals surface area contributed by atoms with Gasteiger partial charge in [0, 0.05) is 24.2 Å². The molecule has 0 aliphatic carbocycles. The fraction of sp³-hybridized carbons (Fsp3) is 0.214. The van der Waals surface area contributed by atoms with Crippen LogP contribution in [0.1, 0.15) is 18.1 Å². The molecule has 3 N–H and O–H groups in total. The molecule has 0 bridgehead atoms. The van der Waals surface area contributed by atoms with Crippen LogP contribution in [0, 0.1) is 11.8 Å². The third-order valence-corrected chi connectivity index (χ3v) is 7.37. The molecule has 3 aliphatic heterocycles. The van der Waals surface area contributed by atoms with Gasteiger partial charge in [0.05, 0.1) is 17.5 Å². The van der Waals surface area contributed by atoms with Crippen molar-refractivity contribution in [3.8, 4) is 11.5 Å². The lowest BCUT2D eigenvalue weighted by atomic mass is 9.76. The van der Waals surface area contributed by atoms with E-state index in [1.807, 2.05) is 0 Å². The van der Waals surface area contributed by atoms with E-state index in [1.54, 1.807) is 60.7 Å². The van der Waals surface area contributed by atoms with Crippen LogP contribution >= 0.6 is 0 Å². The molecule has 0 saturated carbocycles. The minimum Gasteiger partial charge on any atom is -0.508 e. The molecule has 4 atom stereocenters. The highest BCUT2D eigenvalue weighted by Crippen LogP contribution is 2.53. The molecule has 3 heterocycles. The molecule has 3 amide bonds. The van der Waals surface area contributed by atoms with E-state index in [9.17, 15) is 24.3 Å². The third kappa shape index (κ3) is 3.42. The lowest BCUT2D eigenvalue weighted by Crippen LogP contribution is -2.53. The van der Waals surface area contributed by atoms with Gasteiger partial charge in [-0.2, -0.15) is 0 Å². The quantitative estimate of drug-likeness (QED) is 0.287. The topological polar surface area (TPSA) is 125 Å². The van der Waals surface area contributed by atoms with Gasteiger partial charge in [-0.05, 0) is 54.4 Å². The predicted molar refractivity (Wildman–Crippen MR) is 133 cm³/mol. The highest BCUT2D eigenvalue weighted by Gasteiger charge is 2.70. The van der Waals surface area contributed by atoms with Crippen molar-refractivity contribution in [2.45, 2.75) is 24.9 Å². The highest BCUT2D eigenvalue weighted by atomic mass is 16.5. The predicted octanol–water partition coefficient (Wildman–Crippen LogP) is 2.49. The fourth-order valence-corrected chi connectivity index (χ4v) is 5.90. The number of hydrogen-bond donors (Lipinski definition) is 3. The Morgan fingerprint density at radius 1 is 0.973 bits per heavy atom. The SMILES string of the molecule is CC(=O)Oc1ccc(N2C(=O)[C@H]3[C@H](Cc4ccc(O)cc4)N[C@]4(C(=O)Nc5ccccc54)[C@@H]3C2=O)cc1. The number of nitrogens with one attached hydrogen (secondary N) is 2. The van der Waals surface area contributed by atoms with Gasteiger partial charge in [0.25, 0.3) is 0 Å². The number of carbonyl (C=O) groups is 4. The number of aromatic hydroxyl groups is 1. The maximum absolute atomic E-state index is 14.0. The second-order valence-electron chi connectivity index (χ2n) is 9.53. The Hall–Kier alpha value is -4.50. The summed E-state index contributed by atoms with van der Waals surface area (Å²) in [5.74, 6) is -3.06. The number of phenolic OH excluding ortho intramolecular Hbond substituents is 1. The van der Waals surface area contributed by atoms with Crippen molar-refractivity contribution in [3.63, 3.8) is 0 Å². The first-order valence-electron chi connectivity index (χ1n) is 11.9. The van der Waals surface area contributed by atoms with E-state index >= 15 is 0 Å². The van der Waals surface area contributed by atoms with E-state index < -0.39 is 41.2 Å². The monoisotopic (exact) mass is 497 g/mol. The number of ether oxygens (including phenoxy) is 1. The Morgan fingerprint density at radius 3 is 2.38 bits per heavy atom. The number of hydrogen-bond acceptors (Lipinski definition) is 7. The molecule has 9 heteroatoms. The van der Waals surface area contributed by atoms with Crippen molar-refractivity contribution in [2.24, 2.45) is 11.8 Å². The number of para-hydroxylation sites is 1. The molecule has 0 unspecified atom stereocenters. The maximum Gasteiger partial charge on any atom is 0.308 e. The lowest BCUT2D eigenvalue weighted by molar-refractivity contribution is -0.132. The molecule has 3 aliphatic rings. The van der Waals surface area contributed by atoms with E-state index in [-0.39, 0.29) is 11.7 Å². The number of rotatable bonds is 4. The first-order valence-corrected chi connectivity index (χ1v) is 11.9. The minimum atomic E-state index is -1.40. The summed E-state index contributed by atoms with van der Waals surface area (Å²) in [4.78, 5) is 53.8. The number of phenols is 1. The molecule has 3 aromatic rings. The number of carbonyl (C=O) groups excluding carboxylic acids is 4. The zero-order valence-electron chi connectivity index (χ0n) is 19.8. The van der Waals surface area contributed by atoms with Gasteiger partial charge in [0.1, 0.15) is 17.0 Å². The van der Waals surface area contributed by atoms with Gasteiger partial charge in [-0.15, -0.1) is 0 Å². The van der Waals surface area contributed by atoms with Gasteiger partial charge < -0.3 is 15.2 Å². The van der Waals surface area contributed by atoms with Gasteiger partial charge in [0.15, 0.2) is 0 Å². The van der Waals surface area contributed by atoms with Gasteiger partial charge in [-0.1, -0.05) is 30.3 Å². The van der Waals surface area contributed by atoms with Crippen LogP contribution in [0.2, 0.25) is 0 Å². The van der Waals surface area contributed by atoms with Gasteiger partial charge >= 0.3 is 5.97 Å². The van der Waals surface area contributed by atoms with E-state index in [4.69, 9.17) is 4.74 Å². The molecular weight excluding hydrogens is 474 g/mol. The van der Waals surface area contributed by atoms with Gasteiger partial charge in [-0.3, -0.25) is 24.5 Å². The number of esters is 1. The van der Waals surface area contributed by atoms with Crippen LogP contribution in [0.4, 0.5) is 11.4 Å². The summed E-state index contributed by atoms with van der Waals surface area (Å²) in [5.41, 5.74) is 1.03. The summed E-state index contributed by atoms with van der Waals surface area (Å²) < 4.78 is 5.07. The molecule has 1 spiro atoms. The van der Waals surface area contributed by atoms with Crippen LogP contribution in [0.5, 0.6) is 11.5 Å². The molecule has 0 radical (unpaired) electrons. The Kier molecular flexibility index (Phi) is 5.13. The van der Waals surface area contributed by atoms with E-state index in [0.29, 0.717) is 29.1 Å². The Balaban J connectivity index is 1.43. The standard InChI is InChI=1S/C28H23N3O6/c1-15(32)37-19-12-8-17(9-13-19)31-25(34)23-22(14-16-6-10-18(33)11-7-16)30-28(24(23)26(31)35)20-4-2-3-5-21(20)29-27(28)36/h2-13,22-24,30,33H,14H2,1H3,(H,29,36)/t22-,23-,24-,28-/m0/s1. The molecular formula is C28H23N3O6. The van der Waals surface area contributed by atoms with Gasteiger partial charge in [0.2, 0.25) is 17.7 Å². The van der Waals surface area contributed by atoms with Crippen molar-refractivity contribution < 1.29 is 29.0 Å². The molecule has 2 fully saturated rings. The van der Waals surface area contributed by atoms with Crippen molar-refractivity contribution in [3.05, 3.63) is 83.9 Å². The first kappa shape index (κ1) is 22.9. The molecule has 6 rings (SSSR count). The number of fused-ring (bicyclic) bond motifs is 4. The molecule has 3 aromatic carbocycles. The number of amides is 3. The second kappa shape index (κ2) is 8.28. The Bertz CT molecular complexity index is 1450. The van der Waals surface area contributed by atoms with Crippen LogP contribution in [-0.2, 0) is 31.1 Å². The number of anilines is 2. The Labute approximate surface area is 212 Å². The fourth-order valence-electron chi connectivity index (χ4n) is 5.90. The summed E-state index contributed by atoms with van der Waals surface area (Å²) in [5, 5.41) is 16.0. The van der Waals surface area contributed by atoms with E-state index in [1.165, 1.54) is 19.1 Å². The minimum absolute atomic E-state index is 0.122. The molecule has 37 heavy (non-hydrogen) atoms. The van der Waals surface area contributed by atoms with Crippen LogP contribution in [0.3, 0.4) is 0 Å². The third-order valence-electron chi connectivity index (χ3n) is 7.37. The van der Waals surface area contributed by atoms with Crippen LogP contribution < -0.4 is 20.3 Å². The average molecular weight is 498 g/mol. The summed E-state index contributed by atoms with van der Waals surface area (Å²) in [6.45, 7) is 1.29. The highest BCUT2D eigenvalue weighted by molar-refractivity contribution is 6.25. The summed E-state index contributed by atoms with van der Waals surface area (Å²) >= 11 is 0. The molecule has 9 nitrogen and oxygen atoms in total. The van der Waals surface area contributed by atoms with Crippen molar-refractivity contribution in [1.82, 2.24) is 5.32 Å². The van der Waals surface area contributed by atoms with Crippen molar-refractivity contribution >= 4 is 35.1 Å². The molecule has 0 aromatic heterocycles. The van der Waals surface area contributed by atoms with Gasteiger partial charge in [-0.25, -0.2) is 4.90 Å². The van der Waals surface area contributed by atoms with Crippen LogP contribution in [0.15, 0.2) is 72.8 Å². The smallest absolute Gasteiger partial charge is 0.308 e. The lowest BCUT2D eigenvalue weighted by Gasteiger charge is -2.29. The zero-order chi connectivity index (χ0) is 25.9. The van der Waals surface area contributed by atoms with Crippen LogP contribution in [0.25, 0.3) is 0 Å².